The molecule has 0 radical (unpaired) electrons. The number of amides is 2. The van der Waals surface area contributed by atoms with Crippen LogP contribution in [0, 0.1) is 6.92 Å². The lowest BCUT2D eigenvalue weighted by atomic mass is 10.2. The SMILES string of the molecule is CC(=O)NCCNC(=O)c1cc(C)nc(Cl)c1. The number of aryl methyl sites for hydroxylation is 1. The van der Waals surface area contributed by atoms with E-state index in [0.29, 0.717) is 24.3 Å². The molecule has 0 aromatic carbocycles. The van der Waals surface area contributed by atoms with Crippen molar-refractivity contribution in [3.8, 4) is 0 Å². The number of carbonyl (C=O) groups excluding carboxylic acids is 2. The van der Waals surface area contributed by atoms with Crippen molar-refractivity contribution < 1.29 is 9.59 Å². The van der Waals surface area contributed by atoms with Gasteiger partial charge >= 0.3 is 0 Å². The molecule has 0 unspecified atom stereocenters. The number of aromatic nitrogens is 1. The molecule has 6 heteroatoms. The van der Waals surface area contributed by atoms with Crippen molar-refractivity contribution >= 4 is 23.4 Å². The van der Waals surface area contributed by atoms with Crippen molar-refractivity contribution in [1.29, 1.82) is 0 Å². The zero-order valence-corrected chi connectivity index (χ0v) is 10.5. The molecule has 1 rings (SSSR count). The van der Waals surface area contributed by atoms with Crippen molar-refractivity contribution in [2.75, 3.05) is 13.1 Å². The first-order valence-corrected chi connectivity index (χ1v) is 5.53. The molecule has 1 aromatic heterocycles. The third-order valence-corrected chi connectivity index (χ3v) is 2.16. The monoisotopic (exact) mass is 255 g/mol. The fraction of sp³-hybridized carbons (Fsp3) is 0.364. The highest BCUT2D eigenvalue weighted by atomic mass is 35.5. The second-order valence-electron chi connectivity index (χ2n) is 3.56. The van der Waals surface area contributed by atoms with Gasteiger partial charge in [-0.3, -0.25) is 9.59 Å². The van der Waals surface area contributed by atoms with Crippen LogP contribution in [0.3, 0.4) is 0 Å². The molecule has 1 heterocycles. The summed E-state index contributed by atoms with van der Waals surface area (Å²) < 4.78 is 0. The van der Waals surface area contributed by atoms with Crippen LogP contribution in [0.5, 0.6) is 0 Å². The van der Waals surface area contributed by atoms with Gasteiger partial charge in [-0.15, -0.1) is 0 Å². The summed E-state index contributed by atoms with van der Waals surface area (Å²) in [4.78, 5) is 26.2. The lowest BCUT2D eigenvalue weighted by Gasteiger charge is -2.06. The Morgan fingerprint density at radius 1 is 1.29 bits per heavy atom. The smallest absolute Gasteiger partial charge is 0.251 e. The average Bonchev–Trinajstić information content (AvgIpc) is 2.22. The van der Waals surface area contributed by atoms with Gasteiger partial charge in [0, 0.05) is 31.3 Å². The second-order valence-corrected chi connectivity index (χ2v) is 3.95. The molecule has 0 spiro atoms. The van der Waals surface area contributed by atoms with E-state index in [-0.39, 0.29) is 17.0 Å². The molecular formula is C11H14ClN3O2. The number of nitrogens with one attached hydrogen (secondary N) is 2. The molecule has 0 atom stereocenters. The topological polar surface area (TPSA) is 71.1 Å². The Bertz CT molecular complexity index is 414. The molecule has 2 amide bonds. The van der Waals surface area contributed by atoms with E-state index in [1.165, 1.54) is 13.0 Å². The minimum absolute atomic E-state index is 0.123. The third-order valence-electron chi connectivity index (χ3n) is 1.97. The fourth-order valence-corrected chi connectivity index (χ4v) is 1.53. The molecule has 0 aliphatic heterocycles. The van der Waals surface area contributed by atoms with Crippen LogP contribution in [0.4, 0.5) is 0 Å². The maximum atomic E-state index is 11.7. The molecule has 0 bridgehead atoms. The van der Waals surface area contributed by atoms with E-state index in [0.717, 1.165) is 0 Å². The minimum Gasteiger partial charge on any atom is -0.355 e. The van der Waals surface area contributed by atoms with Crippen LogP contribution in [0.1, 0.15) is 23.0 Å². The van der Waals surface area contributed by atoms with Gasteiger partial charge in [0.25, 0.3) is 5.91 Å². The van der Waals surface area contributed by atoms with Crippen molar-refractivity contribution in [3.63, 3.8) is 0 Å². The molecule has 0 aliphatic carbocycles. The average molecular weight is 256 g/mol. The highest BCUT2D eigenvalue weighted by molar-refractivity contribution is 6.29. The number of rotatable bonds is 4. The summed E-state index contributed by atoms with van der Waals surface area (Å²) in [5.41, 5.74) is 1.15. The molecule has 2 N–H and O–H groups in total. The van der Waals surface area contributed by atoms with Gasteiger partial charge in [0.2, 0.25) is 5.91 Å². The molecule has 0 fully saturated rings. The third kappa shape index (κ3) is 4.82. The maximum absolute atomic E-state index is 11.7. The molecule has 92 valence electrons. The van der Waals surface area contributed by atoms with Gasteiger partial charge in [0.05, 0.1) is 0 Å². The first kappa shape index (κ1) is 13.4. The second kappa shape index (κ2) is 6.20. The van der Waals surface area contributed by atoms with Gasteiger partial charge in [-0.2, -0.15) is 0 Å². The van der Waals surface area contributed by atoms with Crippen molar-refractivity contribution in [3.05, 3.63) is 28.5 Å². The van der Waals surface area contributed by atoms with E-state index in [9.17, 15) is 9.59 Å². The van der Waals surface area contributed by atoms with Crippen LogP contribution in [-0.2, 0) is 4.79 Å². The first-order valence-electron chi connectivity index (χ1n) is 5.16. The molecule has 0 saturated carbocycles. The molecule has 1 aromatic rings. The van der Waals surface area contributed by atoms with Gasteiger partial charge in [-0.25, -0.2) is 4.98 Å². The van der Waals surface area contributed by atoms with Crippen LogP contribution in [0.25, 0.3) is 0 Å². The van der Waals surface area contributed by atoms with Gasteiger partial charge in [0.1, 0.15) is 5.15 Å². The normalized spacial score (nSPS) is 9.82. The van der Waals surface area contributed by atoms with Crippen LogP contribution in [-0.4, -0.2) is 29.9 Å². The summed E-state index contributed by atoms with van der Waals surface area (Å²) in [7, 11) is 0. The van der Waals surface area contributed by atoms with Crippen LogP contribution in [0.15, 0.2) is 12.1 Å². The number of hydrogen-bond donors (Lipinski definition) is 2. The standard InChI is InChI=1S/C11H14ClN3O2/c1-7-5-9(6-10(12)15-7)11(17)14-4-3-13-8(2)16/h5-6H,3-4H2,1-2H3,(H,13,16)(H,14,17). The van der Waals surface area contributed by atoms with Gasteiger partial charge < -0.3 is 10.6 Å². The quantitative estimate of drug-likeness (QED) is 0.621. The molecule has 5 nitrogen and oxygen atoms in total. The van der Waals surface area contributed by atoms with Crippen LogP contribution in [0.2, 0.25) is 5.15 Å². The zero-order valence-electron chi connectivity index (χ0n) is 9.71. The van der Waals surface area contributed by atoms with Gasteiger partial charge in [-0.05, 0) is 19.1 Å². The molecular weight excluding hydrogens is 242 g/mol. The predicted molar refractivity (Wildman–Crippen MR) is 65.0 cm³/mol. The Morgan fingerprint density at radius 3 is 2.53 bits per heavy atom. The largest absolute Gasteiger partial charge is 0.355 e. The lowest BCUT2D eigenvalue weighted by molar-refractivity contribution is -0.118. The molecule has 0 saturated heterocycles. The summed E-state index contributed by atoms with van der Waals surface area (Å²) in [6, 6.07) is 3.15. The number of pyridine rings is 1. The molecule has 0 aliphatic rings. The summed E-state index contributed by atoms with van der Waals surface area (Å²) in [5, 5.41) is 5.54. The van der Waals surface area contributed by atoms with Crippen molar-refractivity contribution in [2.45, 2.75) is 13.8 Å². The Balaban J connectivity index is 2.49. The van der Waals surface area contributed by atoms with Crippen molar-refractivity contribution in [1.82, 2.24) is 15.6 Å². The van der Waals surface area contributed by atoms with E-state index in [2.05, 4.69) is 15.6 Å². The summed E-state index contributed by atoms with van der Waals surface area (Å²) in [5.74, 6) is -0.357. The Hall–Kier alpha value is -1.62. The van der Waals surface area contributed by atoms with E-state index in [1.54, 1.807) is 13.0 Å². The minimum atomic E-state index is -0.234. The lowest BCUT2D eigenvalue weighted by Crippen LogP contribution is -2.33. The maximum Gasteiger partial charge on any atom is 0.251 e. The first-order chi connectivity index (χ1) is 7.99. The predicted octanol–water partition coefficient (Wildman–Crippen LogP) is 0.909. The van der Waals surface area contributed by atoms with Gasteiger partial charge in [-0.1, -0.05) is 11.6 Å². The van der Waals surface area contributed by atoms with E-state index >= 15 is 0 Å². The fourth-order valence-electron chi connectivity index (χ4n) is 1.28. The number of nitrogens with zero attached hydrogens (tertiary/aromatic N) is 1. The summed E-state index contributed by atoms with van der Waals surface area (Å²) in [6.45, 7) is 3.96. The zero-order chi connectivity index (χ0) is 12.8. The molecule has 17 heavy (non-hydrogen) atoms. The van der Waals surface area contributed by atoms with E-state index in [1.807, 2.05) is 0 Å². The highest BCUT2D eigenvalue weighted by Crippen LogP contribution is 2.09. The number of halogens is 1. The summed E-state index contributed by atoms with van der Waals surface area (Å²) in [6.07, 6.45) is 0. The Labute approximate surface area is 105 Å². The summed E-state index contributed by atoms with van der Waals surface area (Å²) >= 11 is 5.75. The van der Waals surface area contributed by atoms with Crippen LogP contribution >= 0.6 is 11.6 Å². The van der Waals surface area contributed by atoms with Crippen molar-refractivity contribution in [2.24, 2.45) is 0 Å². The van der Waals surface area contributed by atoms with Gasteiger partial charge in [0.15, 0.2) is 0 Å². The number of carbonyl (C=O) groups is 2. The Morgan fingerprint density at radius 2 is 1.94 bits per heavy atom. The Kier molecular flexibility index (Phi) is 4.90. The number of hydrogen-bond acceptors (Lipinski definition) is 3. The van der Waals surface area contributed by atoms with E-state index in [4.69, 9.17) is 11.6 Å². The van der Waals surface area contributed by atoms with E-state index < -0.39 is 0 Å². The highest BCUT2D eigenvalue weighted by Gasteiger charge is 2.07. The van der Waals surface area contributed by atoms with Crippen LogP contribution < -0.4 is 10.6 Å².